The molecule has 3 heteroatoms. The molecule has 0 saturated carbocycles. The Balaban J connectivity index is 1.03. The van der Waals surface area contributed by atoms with Crippen LogP contribution in [0.15, 0.2) is 235 Å². The summed E-state index contributed by atoms with van der Waals surface area (Å²) in [6.45, 7) is 4.71. The summed E-state index contributed by atoms with van der Waals surface area (Å²) in [7, 11) is 0. The quantitative estimate of drug-likeness (QED) is 0.159. The van der Waals surface area contributed by atoms with Crippen LogP contribution in [0, 0.1) is 0 Å². The van der Waals surface area contributed by atoms with Crippen molar-refractivity contribution in [3.05, 3.63) is 242 Å². The van der Waals surface area contributed by atoms with Crippen LogP contribution in [-0.4, -0.2) is 4.57 Å². The van der Waals surface area contributed by atoms with E-state index >= 15 is 0 Å². The first-order valence-electron chi connectivity index (χ1n) is 22.8. The maximum absolute atomic E-state index is 6.80. The van der Waals surface area contributed by atoms with Gasteiger partial charge < -0.3 is 13.9 Å². The third-order valence-electron chi connectivity index (χ3n) is 14.0. The monoisotopic (exact) mass is 844 g/mol. The van der Waals surface area contributed by atoms with E-state index in [1.165, 1.54) is 71.9 Å². The van der Waals surface area contributed by atoms with E-state index in [1.807, 2.05) is 0 Å². The number of nitrogens with zero attached hydrogens (tertiary/aromatic N) is 2. The van der Waals surface area contributed by atoms with Gasteiger partial charge in [0.15, 0.2) is 0 Å². The van der Waals surface area contributed by atoms with Gasteiger partial charge in [0.2, 0.25) is 0 Å². The van der Waals surface area contributed by atoms with Gasteiger partial charge in [-0.15, -0.1) is 0 Å². The average Bonchev–Trinajstić information content (AvgIpc) is 4.00. The van der Waals surface area contributed by atoms with Gasteiger partial charge in [-0.05, 0) is 117 Å². The number of fused-ring (bicyclic) bond motifs is 9. The summed E-state index contributed by atoms with van der Waals surface area (Å²) in [5, 5.41) is 4.61. The van der Waals surface area contributed by atoms with E-state index < -0.39 is 0 Å². The summed E-state index contributed by atoms with van der Waals surface area (Å²) in [5.74, 6) is 0. The van der Waals surface area contributed by atoms with Crippen molar-refractivity contribution in [2.45, 2.75) is 19.3 Å². The van der Waals surface area contributed by atoms with Gasteiger partial charge in [0, 0.05) is 38.5 Å². The number of rotatable bonds is 7. The van der Waals surface area contributed by atoms with Crippen LogP contribution in [-0.2, 0) is 5.41 Å². The van der Waals surface area contributed by atoms with Gasteiger partial charge in [0.05, 0.1) is 27.8 Å². The average molecular weight is 845 g/mol. The molecule has 12 aromatic rings. The zero-order valence-electron chi connectivity index (χ0n) is 36.7. The fourth-order valence-electron chi connectivity index (χ4n) is 10.9. The molecule has 1 aliphatic carbocycles. The van der Waals surface area contributed by atoms with Crippen LogP contribution >= 0.6 is 0 Å². The Hall–Kier alpha value is -8.40. The summed E-state index contributed by atoms with van der Waals surface area (Å²) in [4.78, 5) is 2.47. The normalized spacial score (nSPS) is 12.8. The molecule has 0 radical (unpaired) electrons. The lowest BCUT2D eigenvalue weighted by atomic mass is 9.82. The van der Waals surface area contributed by atoms with Crippen molar-refractivity contribution in [3.8, 4) is 50.2 Å². The zero-order chi connectivity index (χ0) is 43.9. The molecule has 3 nitrogen and oxygen atoms in total. The van der Waals surface area contributed by atoms with E-state index in [9.17, 15) is 0 Å². The second-order valence-corrected chi connectivity index (χ2v) is 18.1. The Kier molecular flexibility index (Phi) is 8.56. The topological polar surface area (TPSA) is 21.3 Å². The molecule has 66 heavy (non-hydrogen) atoms. The van der Waals surface area contributed by atoms with Crippen LogP contribution < -0.4 is 4.90 Å². The minimum atomic E-state index is -0.150. The van der Waals surface area contributed by atoms with Crippen LogP contribution in [0.2, 0.25) is 0 Å². The fourth-order valence-corrected chi connectivity index (χ4v) is 10.9. The maximum atomic E-state index is 6.80. The number of benzene rings is 10. The number of aromatic nitrogens is 1. The Morgan fingerprint density at radius 3 is 1.83 bits per heavy atom. The summed E-state index contributed by atoms with van der Waals surface area (Å²) in [6.07, 6.45) is 0. The second kappa shape index (κ2) is 14.8. The molecule has 1 aliphatic rings. The van der Waals surface area contributed by atoms with E-state index in [0.29, 0.717) is 0 Å². The van der Waals surface area contributed by atoms with Crippen LogP contribution in [0.3, 0.4) is 0 Å². The summed E-state index contributed by atoms with van der Waals surface area (Å²) < 4.78 is 9.22. The molecule has 0 bridgehead atoms. The van der Waals surface area contributed by atoms with Crippen LogP contribution in [0.4, 0.5) is 17.1 Å². The molecule has 0 amide bonds. The lowest BCUT2D eigenvalue weighted by molar-refractivity contribution is 0.660. The molecule has 2 heterocycles. The predicted octanol–water partition coefficient (Wildman–Crippen LogP) is 17.5. The van der Waals surface area contributed by atoms with Crippen molar-refractivity contribution in [2.24, 2.45) is 0 Å². The van der Waals surface area contributed by atoms with Gasteiger partial charge in [0.25, 0.3) is 0 Å². The molecular formula is C63H44N2O. The van der Waals surface area contributed by atoms with E-state index in [-0.39, 0.29) is 5.41 Å². The van der Waals surface area contributed by atoms with E-state index in [0.717, 1.165) is 50.3 Å². The van der Waals surface area contributed by atoms with E-state index in [4.69, 9.17) is 4.42 Å². The van der Waals surface area contributed by atoms with Gasteiger partial charge in [-0.3, -0.25) is 0 Å². The highest BCUT2D eigenvalue weighted by molar-refractivity contribution is 6.18. The first kappa shape index (κ1) is 38.1. The largest absolute Gasteiger partial charge is 0.456 e. The van der Waals surface area contributed by atoms with Crippen LogP contribution in [0.5, 0.6) is 0 Å². The molecule has 2 aromatic heterocycles. The fraction of sp³-hybridized carbons (Fsp3) is 0.0476. The molecule has 0 unspecified atom stereocenters. The Morgan fingerprint density at radius 2 is 1.00 bits per heavy atom. The van der Waals surface area contributed by atoms with Crippen molar-refractivity contribution < 1.29 is 4.42 Å². The summed E-state index contributed by atoms with van der Waals surface area (Å²) >= 11 is 0. The molecule has 0 fully saturated rings. The molecule has 0 spiro atoms. The highest BCUT2D eigenvalue weighted by Gasteiger charge is 2.38. The van der Waals surface area contributed by atoms with Crippen LogP contribution in [0.25, 0.3) is 93.9 Å². The minimum absolute atomic E-state index is 0.150. The van der Waals surface area contributed by atoms with Gasteiger partial charge in [-0.2, -0.15) is 0 Å². The van der Waals surface area contributed by atoms with Gasteiger partial charge in [-0.1, -0.05) is 178 Å². The summed E-state index contributed by atoms with van der Waals surface area (Å²) in [6, 6.07) is 83.7. The molecule has 0 saturated heterocycles. The Morgan fingerprint density at radius 1 is 0.394 bits per heavy atom. The predicted molar refractivity (Wildman–Crippen MR) is 277 cm³/mol. The lowest BCUT2D eigenvalue weighted by Gasteiger charge is -2.29. The molecular weight excluding hydrogens is 801 g/mol. The van der Waals surface area contributed by atoms with Crippen molar-refractivity contribution in [3.63, 3.8) is 0 Å². The van der Waals surface area contributed by atoms with E-state index in [1.54, 1.807) is 0 Å². The molecule has 10 aromatic carbocycles. The SMILES string of the molecule is CC1(C)c2ccccc2-c2c(N(c3ccc(-c4ccccc4)cc3)c3cccc4oc5ccc(-c6cccc7c6c6ccccc6n7-c6cccc(-c7ccccc7)c6)cc5c34)cccc21. The van der Waals surface area contributed by atoms with Crippen molar-refractivity contribution in [1.29, 1.82) is 0 Å². The first-order chi connectivity index (χ1) is 32.5. The number of furan rings is 1. The Bertz CT molecular complexity index is 3840. The van der Waals surface area contributed by atoms with Crippen molar-refractivity contribution in [2.75, 3.05) is 4.90 Å². The van der Waals surface area contributed by atoms with Gasteiger partial charge in [0.1, 0.15) is 11.2 Å². The summed E-state index contributed by atoms with van der Waals surface area (Å²) in [5.41, 5.74) is 20.7. The first-order valence-corrected chi connectivity index (χ1v) is 22.8. The number of hydrogen-bond acceptors (Lipinski definition) is 2. The van der Waals surface area contributed by atoms with Crippen LogP contribution in [0.1, 0.15) is 25.0 Å². The molecule has 13 rings (SSSR count). The third-order valence-corrected chi connectivity index (χ3v) is 14.0. The molecule has 0 N–H and O–H groups in total. The lowest BCUT2D eigenvalue weighted by Crippen LogP contribution is -2.16. The third kappa shape index (κ3) is 5.83. The highest BCUT2D eigenvalue weighted by Crippen LogP contribution is 2.55. The number of anilines is 3. The van der Waals surface area contributed by atoms with E-state index in [2.05, 4.69) is 254 Å². The maximum Gasteiger partial charge on any atom is 0.137 e. The molecule has 312 valence electrons. The van der Waals surface area contributed by atoms with Crippen molar-refractivity contribution in [1.82, 2.24) is 4.57 Å². The number of para-hydroxylation sites is 1. The second-order valence-electron chi connectivity index (χ2n) is 18.1. The highest BCUT2D eigenvalue weighted by atomic mass is 16.3. The van der Waals surface area contributed by atoms with Gasteiger partial charge >= 0.3 is 0 Å². The van der Waals surface area contributed by atoms with Crippen molar-refractivity contribution >= 4 is 60.8 Å². The molecule has 0 aliphatic heterocycles. The van der Waals surface area contributed by atoms with Gasteiger partial charge in [-0.25, -0.2) is 0 Å². The molecule has 0 atom stereocenters. The smallest absolute Gasteiger partial charge is 0.137 e. The standard InChI is InChI=1S/C63H44N2O/c1-63(2)52-26-11-9-23-49(52)61-53(63)27-15-30-56(61)64(46-36-33-43(34-37-46)41-17-5-3-6-18-41)57-31-16-32-59-62(57)51-40-45(35-38-58(51)66-59)48-25-14-29-55-60(48)50-24-10-12-28-54(50)65(55)47-22-13-21-44(39-47)42-19-7-4-8-20-42/h3-40H,1-2H3. The minimum Gasteiger partial charge on any atom is -0.456 e. The zero-order valence-corrected chi connectivity index (χ0v) is 36.7. The Labute approximate surface area is 384 Å². The number of hydrogen-bond donors (Lipinski definition) is 0.